The minimum absolute atomic E-state index is 0. The molecular weight excluding hydrogens is 328 g/mol. The molecule has 1 aliphatic rings. The van der Waals surface area contributed by atoms with Crippen molar-refractivity contribution in [3.05, 3.63) is 35.2 Å². The van der Waals surface area contributed by atoms with Gasteiger partial charge in [-0.2, -0.15) is 0 Å². The van der Waals surface area contributed by atoms with E-state index in [0.717, 1.165) is 38.8 Å². The molecule has 1 N–H and O–H groups in total. The Bertz CT molecular complexity index is 635. The van der Waals surface area contributed by atoms with E-state index in [1.54, 1.807) is 11.3 Å². The summed E-state index contributed by atoms with van der Waals surface area (Å²) in [6.45, 7) is 1.82. The van der Waals surface area contributed by atoms with E-state index in [-0.39, 0.29) is 12.4 Å². The van der Waals surface area contributed by atoms with Crippen LogP contribution in [0.4, 0.5) is 0 Å². The van der Waals surface area contributed by atoms with Crippen LogP contribution in [0.2, 0.25) is 0 Å². The third-order valence-corrected chi connectivity index (χ3v) is 5.67. The fourth-order valence-corrected chi connectivity index (χ4v) is 4.23. The second kappa shape index (κ2) is 8.67. The molecule has 126 valence electrons. The number of piperidine rings is 1. The Morgan fingerprint density at radius 2 is 2.04 bits per heavy atom. The lowest BCUT2D eigenvalue weighted by Crippen LogP contribution is -2.43. The lowest BCUT2D eigenvalue weighted by atomic mass is 10.0. The Morgan fingerprint density at radius 3 is 2.78 bits per heavy atom. The lowest BCUT2D eigenvalue weighted by Gasteiger charge is -2.31. The lowest BCUT2D eigenvalue weighted by molar-refractivity contribution is -0.132. The van der Waals surface area contributed by atoms with Crippen molar-refractivity contribution in [2.75, 3.05) is 20.1 Å². The first-order chi connectivity index (χ1) is 10.8. The number of halogens is 1. The molecule has 0 bridgehead atoms. The number of benzene rings is 1. The number of aryl methyl sites for hydroxylation is 1. The van der Waals surface area contributed by atoms with Crippen molar-refractivity contribution in [2.45, 2.75) is 38.1 Å². The smallest absolute Gasteiger partial charge is 0.222 e. The highest BCUT2D eigenvalue weighted by Crippen LogP contribution is 2.26. The van der Waals surface area contributed by atoms with Gasteiger partial charge in [0.15, 0.2) is 0 Å². The highest BCUT2D eigenvalue weighted by atomic mass is 35.5. The minimum atomic E-state index is 0. The van der Waals surface area contributed by atoms with Gasteiger partial charge >= 0.3 is 0 Å². The molecule has 0 spiro atoms. The molecule has 1 aliphatic heterocycles. The number of fused-ring (bicyclic) bond motifs is 1. The zero-order chi connectivity index (χ0) is 15.4. The number of nitrogens with zero attached hydrogens (tertiary/aromatic N) is 1. The van der Waals surface area contributed by atoms with Gasteiger partial charge in [-0.05, 0) is 55.1 Å². The average molecular weight is 353 g/mol. The van der Waals surface area contributed by atoms with E-state index in [9.17, 15) is 4.79 Å². The van der Waals surface area contributed by atoms with Crippen molar-refractivity contribution in [3.8, 4) is 0 Å². The summed E-state index contributed by atoms with van der Waals surface area (Å²) in [4.78, 5) is 14.3. The number of thiophene rings is 1. The summed E-state index contributed by atoms with van der Waals surface area (Å²) in [6, 6.07) is 9.11. The molecule has 2 aromatic rings. The van der Waals surface area contributed by atoms with E-state index in [2.05, 4.69) is 35.0 Å². The minimum Gasteiger partial charge on any atom is -0.343 e. The molecule has 1 saturated heterocycles. The van der Waals surface area contributed by atoms with Gasteiger partial charge in [0.25, 0.3) is 0 Å². The maximum atomic E-state index is 12.3. The first-order valence-corrected chi connectivity index (χ1v) is 9.06. The van der Waals surface area contributed by atoms with E-state index in [0.29, 0.717) is 18.4 Å². The Morgan fingerprint density at radius 1 is 1.30 bits per heavy atom. The van der Waals surface area contributed by atoms with Gasteiger partial charge in [0.05, 0.1) is 0 Å². The van der Waals surface area contributed by atoms with Gasteiger partial charge in [-0.15, -0.1) is 23.7 Å². The second-order valence-electron chi connectivity index (χ2n) is 6.05. The molecule has 1 fully saturated rings. The number of hydrogen-bond donors (Lipinski definition) is 1. The molecule has 1 aromatic heterocycles. The zero-order valence-corrected chi connectivity index (χ0v) is 15.2. The molecular formula is C18H25ClN2OS. The first-order valence-electron chi connectivity index (χ1n) is 8.18. The van der Waals surface area contributed by atoms with Crippen LogP contribution in [0, 0.1) is 0 Å². The molecule has 0 saturated carbocycles. The van der Waals surface area contributed by atoms with Crippen LogP contribution in [0.15, 0.2) is 29.6 Å². The molecule has 2 heterocycles. The third-order valence-electron chi connectivity index (χ3n) is 4.65. The van der Waals surface area contributed by atoms with Gasteiger partial charge in [-0.1, -0.05) is 18.2 Å². The van der Waals surface area contributed by atoms with E-state index in [4.69, 9.17) is 0 Å². The van der Waals surface area contributed by atoms with Crippen molar-refractivity contribution in [3.63, 3.8) is 0 Å². The third kappa shape index (κ3) is 4.46. The van der Waals surface area contributed by atoms with Gasteiger partial charge in [-0.25, -0.2) is 0 Å². The quantitative estimate of drug-likeness (QED) is 0.886. The SMILES string of the molecule is CNC1CCN(C(=O)CCCc2csc3ccccc23)CC1.Cl. The Balaban J connectivity index is 0.00000192. The second-order valence-corrected chi connectivity index (χ2v) is 6.97. The van der Waals surface area contributed by atoms with Crippen LogP contribution in [0.25, 0.3) is 10.1 Å². The summed E-state index contributed by atoms with van der Waals surface area (Å²) in [5.74, 6) is 0.328. The topological polar surface area (TPSA) is 32.3 Å². The molecule has 23 heavy (non-hydrogen) atoms. The van der Waals surface area contributed by atoms with Gasteiger partial charge in [0, 0.05) is 30.3 Å². The van der Waals surface area contributed by atoms with E-state index < -0.39 is 0 Å². The van der Waals surface area contributed by atoms with Crippen molar-refractivity contribution in [2.24, 2.45) is 0 Å². The standard InChI is InChI=1S/C18H24N2OS.ClH/c1-19-15-9-11-20(12-10-15)18(21)8-4-5-14-13-22-17-7-3-2-6-16(14)17;/h2-3,6-7,13,15,19H,4-5,8-12H2,1H3;1H. The van der Waals surface area contributed by atoms with Crippen LogP contribution >= 0.6 is 23.7 Å². The molecule has 1 amide bonds. The summed E-state index contributed by atoms with van der Waals surface area (Å²) >= 11 is 1.80. The van der Waals surface area contributed by atoms with Crippen LogP contribution in [-0.2, 0) is 11.2 Å². The maximum Gasteiger partial charge on any atom is 0.222 e. The average Bonchev–Trinajstić information content (AvgIpc) is 2.98. The van der Waals surface area contributed by atoms with Gasteiger partial charge < -0.3 is 10.2 Å². The fourth-order valence-electron chi connectivity index (χ4n) is 3.23. The maximum absolute atomic E-state index is 12.3. The largest absolute Gasteiger partial charge is 0.343 e. The van der Waals surface area contributed by atoms with E-state index in [1.165, 1.54) is 15.6 Å². The number of hydrogen-bond acceptors (Lipinski definition) is 3. The molecule has 3 nitrogen and oxygen atoms in total. The van der Waals surface area contributed by atoms with Crippen LogP contribution in [-0.4, -0.2) is 37.0 Å². The first kappa shape index (κ1) is 18.2. The number of carbonyl (C=O) groups is 1. The van der Waals surface area contributed by atoms with Crippen LogP contribution in [0.1, 0.15) is 31.2 Å². The Hall–Kier alpha value is -1.10. The van der Waals surface area contributed by atoms with Crippen LogP contribution in [0.5, 0.6) is 0 Å². The molecule has 1 aromatic carbocycles. The molecule has 5 heteroatoms. The molecule has 0 unspecified atom stereocenters. The van der Waals surface area contributed by atoms with Crippen LogP contribution in [0.3, 0.4) is 0 Å². The van der Waals surface area contributed by atoms with Crippen molar-refractivity contribution in [1.82, 2.24) is 10.2 Å². The summed E-state index contributed by atoms with van der Waals surface area (Å²) < 4.78 is 1.35. The van der Waals surface area contributed by atoms with Crippen molar-refractivity contribution in [1.29, 1.82) is 0 Å². The summed E-state index contributed by atoms with van der Waals surface area (Å²) in [6.07, 6.45) is 4.79. The van der Waals surface area contributed by atoms with Crippen molar-refractivity contribution < 1.29 is 4.79 Å². The summed E-state index contributed by atoms with van der Waals surface area (Å²) in [5.41, 5.74) is 1.39. The number of likely N-dealkylation sites (tertiary alicyclic amines) is 1. The summed E-state index contributed by atoms with van der Waals surface area (Å²) in [5, 5.41) is 6.91. The normalized spacial score (nSPS) is 15.6. The number of amides is 1. The van der Waals surface area contributed by atoms with Gasteiger partial charge in [0.2, 0.25) is 5.91 Å². The van der Waals surface area contributed by atoms with E-state index >= 15 is 0 Å². The highest BCUT2D eigenvalue weighted by molar-refractivity contribution is 7.17. The summed E-state index contributed by atoms with van der Waals surface area (Å²) in [7, 11) is 2.01. The number of rotatable bonds is 5. The number of carbonyl (C=O) groups excluding carboxylic acids is 1. The van der Waals surface area contributed by atoms with Crippen molar-refractivity contribution >= 4 is 39.7 Å². The predicted octanol–water partition coefficient (Wildman–Crippen LogP) is 3.86. The van der Waals surface area contributed by atoms with Crippen LogP contribution < -0.4 is 5.32 Å². The Labute approximate surface area is 148 Å². The fraction of sp³-hybridized carbons (Fsp3) is 0.500. The monoisotopic (exact) mass is 352 g/mol. The molecule has 3 rings (SSSR count). The van der Waals surface area contributed by atoms with Gasteiger partial charge in [-0.3, -0.25) is 4.79 Å². The molecule has 0 atom stereocenters. The number of nitrogens with one attached hydrogen (secondary N) is 1. The zero-order valence-electron chi connectivity index (χ0n) is 13.6. The molecule has 0 aliphatic carbocycles. The van der Waals surface area contributed by atoms with Gasteiger partial charge in [0.1, 0.15) is 0 Å². The van der Waals surface area contributed by atoms with E-state index in [1.807, 2.05) is 11.9 Å². The molecule has 0 radical (unpaired) electrons. The Kier molecular flexibility index (Phi) is 6.88. The highest BCUT2D eigenvalue weighted by Gasteiger charge is 2.21. The predicted molar refractivity (Wildman–Crippen MR) is 101 cm³/mol.